The molecule has 7 N–H and O–H groups in total. The van der Waals surface area contributed by atoms with Gasteiger partial charge in [0.25, 0.3) is 23.6 Å². The average Bonchev–Trinajstić information content (AvgIpc) is 1.62. The van der Waals surface area contributed by atoms with E-state index < -0.39 is 23.5 Å². The predicted molar refractivity (Wildman–Crippen MR) is 438 cm³/mol. The lowest BCUT2D eigenvalue weighted by molar-refractivity contribution is -0.138. The minimum absolute atomic E-state index is 0.00670. The van der Waals surface area contributed by atoms with Crippen LogP contribution in [0, 0.1) is 0 Å². The van der Waals surface area contributed by atoms with E-state index in [2.05, 4.69) is 62.2 Å². The molecule has 1 unspecified atom stereocenters. The van der Waals surface area contributed by atoms with Crippen LogP contribution >= 0.6 is 23.2 Å². The number of allylic oxidation sites excluding steroid dienone is 4. The number of ether oxygens (including phenoxy) is 2. The first-order chi connectivity index (χ1) is 54.7. The van der Waals surface area contributed by atoms with E-state index in [-0.39, 0.29) is 29.7 Å². The molecule has 5 aliphatic heterocycles. The molecule has 9 heterocycles. The molecule has 11 aromatic rings. The summed E-state index contributed by atoms with van der Waals surface area (Å²) in [5, 5.41) is 10.0. The number of hydrogen-bond donors (Lipinski definition) is 7. The van der Waals surface area contributed by atoms with Gasteiger partial charge in [0.2, 0.25) is 0 Å². The standard InChI is InChI=1S/C24H20F3N3O.C23H18F3N3O.C22H18ClN3O2.C19H18ClN3O2/c1-15-8-9-18-14-21(23(31)28-16(2)17-6-4-3-5-7-17)29-22(18)30(15)20-12-10-19(11-13-20)24(25,26)27;1-15-7-8-17-13-20(22(30)27-14-16-5-3-2-4-6-16)28-21(17)29(15)19-11-9-18(10-12-19)23(24,25)26;1-14-6-7-15-12-20(22(27)24-17-4-3-5-19(13-17)28-2)25-21(15)26(14)18-10-8-16(23)9-11-18;1-13-2-3-14-12-17(19(24)22-8-10-25-11-9-22)21-18(14)23(13)16-6-4-15(20)5-7-16/h3-14,16,29H,1H2,2H3,(H,28,31);2-13,28H,1,14H2,(H,27,30);3-13,25H,1H2,2H3,(H,24,27);2-7,12,21H,1,8-11H2. The SMILES string of the molecule is C=C1C=Cc2cc(C(=O)N3CCOCC3)[nH]c2N1c1ccc(Cl)cc1.C=C1C=Cc2cc(C(=O)NC(C)c3ccccc3)[nH]c2N1c1ccc(C(F)(F)F)cc1.C=C1C=Cc2cc(C(=O)NCc3ccccc3)[nH]c2N1c1ccc(C(F)(F)F)cc1.C=C1C=Cc2cc(C(=O)Nc3cccc(OC)c3)[nH]c2N1c1ccc(Cl)cc1. The number of hydrogen-bond acceptors (Lipinski definition) is 10. The lowest BCUT2D eigenvalue weighted by Crippen LogP contribution is -2.40. The van der Waals surface area contributed by atoms with E-state index in [1.54, 1.807) is 47.3 Å². The van der Waals surface area contributed by atoms with Crippen molar-refractivity contribution in [3.8, 4) is 5.75 Å². The van der Waals surface area contributed by atoms with E-state index in [0.29, 0.717) is 112 Å². The second-order valence-electron chi connectivity index (χ2n) is 26.5. The first-order valence-corrected chi connectivity index (χ1v) is 36.5. The number of morpholine rings is 1. The molecule has 578 valence electrons. The Hall–Kier alpha value is -13.4. The smallest absolute Gasteiger partial charge is 0.416 e. The highest BCUT2D eigenvalue weighted by Crippen LogP contribution is 2.43. The van der Waals surface area contributed by atoms with Crippen molar-refractivity contribution in [2.75, 3.05) is 58.3 Å². The number of aromatic nitrogens is 4. The van der Waals surface area contributed by atoms with Crippen molar-refractivity contribution < 1.29 is 55.0 Å². The second-order valence-corrected chi connectivity index (χ2v) is 27.4. The number of amides is 4. The van der Waals surface area contributed by atoms with Crippen LogP contribution in [0.25, 0.3) is 24.3 Å². The van der Waals surface area contributed by atoms with Crippen LogP contribution in [-0.2, 0) is 23.6 Å². The summed E-state index contributed by atoms with van der Waals surface area (Å²) in [4.78, 5) is 72.6. The maximum Gasteiger partial charge on any atom is 0.416 e. The molecule has 1 fully saturated rings. The zero-order chi connectivity index (χ0) is 80.5. The number of H-pyrrole nitrogens is 4. The molecule has 18 nitrogen and oxygen atoms in total. The summed E-state index contributed by atoms with van der Waals surface area (Å²) >= 11 is 12.0. The van der Waals surface area contributed by atoms with Crippen molar-refractivity contribution >= 4 is 123 Å². The van der Waals surface area contributed by atoms with Crippen molar-refractivity contribution in [3.63, 3.8) is 0 Å². The fraction of sp³-hybridized carbons (Fsp3) is 0.114. The summed E-state index contributed by atoms with van der Waals surface area (Å²) in [6.45, 7) is 20.8. The highest BCUT2D eigenvalue weighted by atomic mass is 35.5. The van der Waals surface area contributed by atoms with Crippen molar-refractivity contribution in [1.29, 1.82) is 0 Å². The van der Waals surface area contributed by atoms with E-state index in [9.17, 15) is 45.5 Å². The number of alkyl halides is 6. The van der Waals surface area contributed by atoms with Crippen LogP contribution in [0.15, 0.2) is 280 Å². The minimum atomic E-state index is -4.41. The molecular formula is C88H74Cl2F6N12O6. The predicted octanol–water partition coefficient (Wildman–Crippen LogP) is 21.3. The molecule has 0 radical (unpaired) electrons. The van der Waals surface area contributed by atoms with Crippen molar-refractivity contribution in [2.24, 2.45) is 0 Å². The second kappa shape index (κ2) is 34.1. The third-order valence-corrected chi connectivity index (χ3v) is 19.3. The van der Waals surface area contributed by atoms with Gasteiger partial charge >= 0.3 is 12.4 Å². The highest BCUT2D eigenvalue weighted by Gasteiger charge is 2.34. The van der Waals surface area contributed by atoms with Crippen LogP contribution in [0.5, 0.6) is 5.75 Å². The highest BCUT2D eigenvalue weighted by molar-refractivity contribution is 6.31. The van der Waals surface area contributed by atoms with Gasteiger partial charge < -0.3 is 50.3 Å². The third-order valence-electron chi connectivity index (χ3n) is 18.8. The molecule has 16 rings (SSSR count). The number of fused-ring (bicyclic) bond motifs is 4. The number of benzene rings is 7. The van der Waals surface area contributed by atoms with Crippen molar-refractivity contribution in [3.05, 3.63) is 357 Å². The summed E-state index contributed by atoms with van der Waals surface area (Å²) in [5.74, 6) is 2.65. The Morgan fingerprint density at radius 2 is 0.842 bits per heavy atom. The van der Waals surface area contributed by atoms with E-state index in [1.807, 2.05) is 198 Å². The fourth-order valence-electron chi connectivity index (χ4n) is 13.0. The topological polar surface area (TPSA) is 202 Å². The Kier molecular flexibility index (Phi) is 23.5. The maximum atomic E-state index is 12.9. The van der Waals surface area contributed by atoms with Gasteiger partial charge in [0.05, 0.1) is 37.5 Å². The molecule has 0 aliphatic carbocycles. The molecule has 5 aliphatic rings. The number of rotatable bonds is 14. The lowest BCUT2D eigenvalue weighted by atomic mass is 10.1. The van der Waals surface area contributed by atoms with Crippen LogP contribution in [-0.4, -0.2) is 81.9 Å². The van der Waals surface area contributed by atoms with Gasteiger partial charge in [0.1, 0.15) is 51.8 Å². The zero-order valence-corrected chi connectivity index (χ0v) is 62.9. The van der Waals surface area contributed by atoms with Gasteiger partial charge in [0, 0.05) is 109 Å². The Morgan fingerprint density at radius 3 is 1.25 bits per heavy atom. The Labute approximate surface area is 662 Å². The minimum Gasteiger partial charge on any atom is -0.497 e. The largest absolute Gasteiger partial charge is 0.497 e. The average molecular weight is 1580 g/mol. The molecule has 114 heavy (non-hydrogen) atoms. The normalized spacial score (nSPS) is 14.2. The monoisotopic (exact) mass is 1580 g/mol. The number of aromatic amines is 4. The lowest BCUT2D eigenvalue weighted by Gasteiger charge is -2.28. The first-order valence-electron chi connectivity index (χ1n) is 35.7. The maximum absolute atomic E-state index is 12.9. The molecule has 1 atom stereocenters. The first kappa shape index (κ1) is 78.7. The summed E-state index contributed by atoms with van der Waals surface area (Å²) in [7, 11) is 1.59. The van der Waals surface area contributed by atoms with Crippen molar-refractivity contribution in [2.45, 2.75) is 31.9 Å². The zero-order valence-electron chi connectivity index (χ0n) is 61.4. The van der Waals surface area contributed by atoms with Gasteiger partial charge in [-0.2, -0.15) is 26.3 Å². The molecule has 4 aromatic heterocycles. The Morgan fingerprint density at radius 1 is 0.465 bits per heavy atom. The van der Waals surface area contributed by atoms with E-state index in [0.717, 1.165) is 92.1 Å². The van der Waals surface area contributed by atoms with Crippen LogP contribution in [0.4, 0.5) is 78.1 Å². The summed E-state index contributed by atoms with van der Waals surface area (Å²) < 4.78 is 87.8. The fourth-order valence-corrected chi connectivity index (χ4v) is 13.2. The van der Waals surface area contributed by atoms with Gasteiger partial charge in [-0.05, 0) is 200 Å². The van der Waals surface area contributed by atoms with Crippen LogP contribution < -0.4 is 40.3 Å². The quantitative estimate of drug-likeness (QED) is 0.0514. The van der Waals surface area contributed by atoms with Gasteiger partial charge in [-0.3, -0.25) is 38.8 Å². The van der Waals surface area contributed by atoms with Gasteiger partial charge in [-0.15, -0.1) is 0 Å². The molecular weight excluding hydrogens is 1510 g/mol. The number of anilines is 9. The summed E-state index contributed by atoms with van der Waals surface area (Å²) in [6, 6.07) is 57.9. The number of halogens is 8. The van der Waals surface area contributed by atoms with E-state index in [1.165, 1.54) is 24.3 Å². The van der Waals surface area contributed by atoms with E-state index >= 15 is 0 Å². The number of carbonyl (C=O) groups is 4. The molecule has 26 heteroatoms. The van der Waals surface area contributed by atoms with Crippen molar-refractivity contribution in [1.82, 2.24) is 35.5 Å². The van der Waals surface area contributed by atoms with Gasteiger partial charge in [-0.1, -0.05) is 116 Å². The molecule has 0 saturated carbocycles. The molecule has 7 aromatic carbocycles. The van der Waals surface area contributed by atoms with Gasteiger partial charge in [0.15, 0.2) is 0 Å². The molecule has 0 bridgehead atoms. The number of carbonyl (C=O) groups excluding carboxylic acids is 4. The van der Waals surface area contributed by atoms with Crippen LogP contribution in [0.2, 0.25) is 10.0 Å². The van der Waals surface area contributed by atoms with Crippen LogP contribution in [0.1, 0.15) is 99.4 Å². The third kappa shape index (κ3) is 18.1. The van der Waals surface area contributed by atoms with Crippen LogP contribution in [0.3, 0.4) is 0 Å². The molecule has 0 spiro atoms. The summed E-state index contributed by atoms with van der Waals surface area (Å²) in [6.07, 6.45) is 6.06. The number of nitrogens with zero attached hydrogens (tertiary/aromatic N) is 5. The molecule has 1 saturated heterocycles. The van der Waals surface area contributed by atoms with E-state index in [4.69, 9.17) is 32.7 Å². The number of nitrogens with one attached hydrogen (secondary N) is 7. The number of methoxy groups -OCH3 is 1. The Bertz CT molecular complexity index is 5560. The Balaban J connectivity index is 0.000000133. The summed E-state index contributed by atoms with van der Waals surface area (Å²) in [5.41, 5.74) is 11.8. The molecule has 4 amide bonds. The van der Waals surface area contributed by atoms with Gasteiger partial charge in [-0.25, -0.2) is 0 Å².